The van der Waals surface area contributed by atoms with E-state index in [1.54, 1.807) is 12.3 Å². The Kier molecular flexibility index (Phi) is 4.45. The van der Waals surface area contributed by atoms with Crippen LogP contribution in [0.15, 0.2) is 36.7 Å². The molecule has 0 radical (unpaired) electrons. The molecule has 27 heavy (non-hydrogen) atoms. The first kappa shape index (κ1) is 17.7. The van der Waals surface area contributed by atoms with Crippen LogP contribution in [-0.2, 0) is 4.79 Å². The van der Waals surface area contributed by atoms with E-state index in [1.165, 1.54) is 0 Å². The summed E-state index contributed by atoms with van der Waals surface area (Å²) in [6.07, 6.45) is 3.97. The van der Waals surface area contributed by atoms with Crippen LogP contribution in [-0.4, -0.2) is 53.7 Å². The zero-order valence-electron chi connectivity index (χ0n) is 15.4. The van der Waals surface area contributed by atoms with E-state index in [-0.39, 0.29) is 12.8 Å². The van der Waals surface area contributed by atoms with Gasteiger partial charge in [0.2, 0.25) is 0 Å². The highest BCUT2D eigenvalue weighted by Crippen LogP contribution is 2.28. The van der Waals surface area contributed by atoms with E-state index >= 15 is 0 Å². The molecule has 0 atom stereocenters. The molecule has 0 spiro atoms. The van der Waals surface area contributed by atoms with Crippen molar-refractivity contribution in [3.63, 3.8) is 0 Å². The van der Waals surface area contributed by atoms with Crippen LogP contribution in [0.3, 0.4) is 0 Å². The molecule has 1 aromatic carbocycles. The number of rotatable bonds is 3. The van der Waals surface area contributed by atoms with Crippen LogP contribution in [0.5, 0.6) is 0 Å². The van der Waals surface area contributed by atoms with E-state index < -0.39 is 11.6 Å². The molecular formula is C19H23FN6O. The van der Waals surface area contributed by atoms with Gasteiger partial charge in [0, 0.05) is 56.3 Å². The van der Waals surface area contributed by atoms with Crippen LogP contribution in [0.4, 0.5) is 10.2 Å². The number of hydrogen-bond donors (Lipinski definition) is 3. The summed E-state index contributed by atoms with van der Waals surface area (Å²) in [5.41, 5.74) is 6.10. The van der Waals surface area contributed by atoms with Gasteiger partial charge in [-0.3, -0.25) is 9.80 Å². The maximum Gasteiger partial charge on any atom is 0.263 e. The van der Waals surface area contributed by atoms with Gasteiger partial charge in [-0.05, 0) is 24.6 Å². The second-order valence-electron chi connectivity index (χ2n) is 7.20. The Labute approximate surface area is 157 Å². The van der Waals surface area contributed by atoms with Gasteiger partial charge in [0.1, 0.15) is 5.82 Å². The Morgan fingerprint density at radius 2 is 2.00 bits per heavy atom. The van der Waals surface area contributed by atoms with Gasteiger partial charge in [-0.25, -0.2) is 9.37 Å². The largest absolute Gasteiger partial charge is 0.309 e. The number of benzene rings is 1. The van der Waals surface area contributed by atoms with Crippen LogP contribution < -0.4 is 16.3 Å². The molecule has 0 saturated carbocycles. The van der Waals surface area contributed by atoms with Crippen LogP contribution >= 0.6 is 0 Å². The lowest BCUT2D eigenvalue weighted by Crippen LogP contribution is -2.47. The highest BCUT2D eigenvalue weighted by molar-refractivity contribution is 5.98. The molecular weight excluding hydrogens is 347 g/mol. The molecule has 4 rings (SSSR count). The number of alkyl halides is 1. The van der Waals surface area contributed by atoms with Crippen molar-refractivity contribution >= 4 is 28.2 Å². The molecule has 3 N–H and O–H groups in total. The van der Waals surface area contributed by atoms with Crippen LogP contribution in [0, 0.1) is 0 Å². The van der Waals surface area contributed by atoms with Gasteiger partial charge >= 0.3 is 0 Å². The van der Waals surface area contributed by atoms with Crippen LogP contribution in [0.2, 0.25) is 0 Å². The van der Waals surface area contributed by atoms with Crippen molar-refractivity contribution in [2.75, 3.05) is 32.5 Å². The van der Waals surface area contributed by atoms with Crippen molar-refractivity contribution in [1.82, 2.24) is 25.9 Å². The summed E-state index contributed by atoms with van der Waals surface area (Å²) in [5.74, 6) is -0.240. The molecule has 142 valence electrons. The quantitative estimate of drug-likeness (QED) is 0.766. The lowest BCUT2D eigenvalue weighted by atomic mass is 9.92. The molecule has 1 fully saturated rings. The zero-order chi connectivity index (χ0) is 19.0. The fourth-order valence-corrected chi connectivity index (χ4v) is 3.43. The molecule has 1 aromatic heterocycles. The Morgan fingerprint density at radius 1 is 1.22 bits per heavy atom. The lowest BCUT2D eigenvalue weighted by Gasteiger charge is -2.33. The summed E-state index contributed by atoms with van der Waals surface area (Å²) in [6.45, 7) is 1.15. The van der Waals surface area contributed by atoms with Crippen molar-refractivity contribution in [1.29, 1.82) is 0 Å². The minimum Gasteiger partial charge on any atom is -0.309 e. The van der Waals surface area contributed by atoms with E-state index in [4.69, 9.17) is 0 Å². The maximum absolute atomic E-state index is 15.0. The molecule has 3 heterocycles. The number of carbonyl (C=O) groups excluding carboxylic acids is 1. The predicted molar refractivity (Wildman–Crippen MR) is 103 cm³/mol. The number of piperidine rings is 1. The summed E-state index contributed by atoms with van der Waals surface area (Å²) < 4.78 is 15.0. The number of hydrazine groups is 2. The average molecular weight is 370 g/mol. The van der Waals surface area contributed by atoms with E-state index in [9.17, 15) is 9.18 Å². The molecule has 0 bridgehead atoms. The van der Waals surface area contributed by atoms with E-state index in [1.807, 2.05) is 48.4 Å². The summed E-state index contributed by atoms with van der Waals surface area (Å²) in [6, 6.07) is 7.79. The van der Waals surface area contributed by atoms with E-state index in [0.29, 0.717) is 18.9 Å². The lowest BCUT2D eigenvalue weighted by molar-refractivity contribution is -0.130. The first-order valence-electron chi connectivity index (χ1n) is 8.99. The van der Waals surface area contributed by atoms with Gasteiger partial charge in [0.25, 0.3) is 5.91 Å². The van der Waals surface area contributed by atoms with Gasteiger partial charge in [-0.1, -0.05) is 12.1 Å². The number of halogens is 1. The van der Waals surface area contributed by atoms with Gasteiger partial charge < -0.3 is 15.6 Å². The number of nitrogens with zero attached hydrogens (tertiary/aromatic N) is 3. The molecule has 2 aromatic rings. The number of fused-ring (bicyclic) bond motifs is 1. The SMILES string of the molecule is CN1CCC(F)(C(=O)Nc2cc3cc(C4=CNNN4C)ccc3cn2)CC1. The Bertz CT molecular complexity index is 906. The van der Waals surface area contributed by atoms with Crippen molar-refractivity contribution in [3.8, 4) is 0 Å². The molecule has 2 aliphatic heterocycles. The molecule has 8 heteroatoms. The van der Waals surface area contributed by atoms with Crippen LogP contribution in [0.25, 0.3) is 16.5 Å². The van der Waals surface area contributed by atoms with Crippen molar-refractivity contribution in [3.05, 3.63) is 42.2 Å². The minimum atomic E-state index is -1.83. The van der Waals surface area contributed by atoms with Gasteiger partial charge in [-0.2, -0.15) is 0 Å². The fraction of sp³-hybridized carbons (Fsp3) is 0.368. The summed E-state index contributed by atoms with van der Waals surface area (Å²) in [5, 5.41) is 6.41. The summed E-state index contributed by atoms with van der Waals surface area (Å²) in [7, 11) is 3.85. The van der Waals surface area contributed by atoms with E-state index in [0.717, 1.165) is 22.0 Å². The number of nitrogens with one attached hydrogen (secondary N) is 3. The molecule has 1 saturated heterocycles. The first-order chi connectivity index (χ1) is 12.9. The molecule has 0 unspecified atom stereocenters. The van der Waals surface area contributed by atoms with Gasteiger partial charge in [0.05, 0.1) is 5.70 Å². The smallest absolute Gasteiger partial charge is 0.263 e. The predicted octanol–water partition coefficient (Wildman–Crippen LogP) is 1.86. The average Bonchev–Trinajstić information content (AvgIpc) is 3.09. The molecule has 1 amide bonds. The van der Waals surface area contributed by atoms with E-state index in [2.05, 4.69) is 21.3 Å². The highest BCUT2D eigenvalue weighted by Gasteiger charge is 2.41. The van der Waals surface area contributed by atoms with Crippen molar-refractivity contribution in [2.45, 2.75) is 18.5 Å². The fourth-order valence-electron chi connectivity index (χ4n) is 3.43. The Morgan fingerprint density at radius 3 is 2.70 bits per heavy atom. The summed E-state index contributed by atoms with van der Waals surface area (Å²) in [4.78, 5) is 18.8. The number of hydrogen-bond acceptors (Lipinski definition) is 6. The van der Waals surface area contributed by atoms with Gasteiger partial charge in [0.15, 0.2) is 5.67 Å². The van der Waals surface area contributed by atoms with Crippen molar-refractivity contribution < 1.29 is 9.18 Å². The highest BCUT2D eigenvalue weighted by atomic mass is 19.1. The topological polar surface area (TPSA) is 72.5 Å². The second-order valence-corrected chi connectivity index (χ2v) is 7.20. The number of likely N-dealkylation sites (tertiary alicyclic amines) is 1. The second kappa shape index (κ2) is 6.79. The minimum absolute atomic E-state index is 0.202. The zero-order valence-corrected chi connectivity index (χ0v) is 15.4. The monoisotopic (exact) mass is 370 g/mol. The van der Waals surface area contributed by atoms with Crippen LogP contribution in [0.1, 0.15) is 18.4 Å². The number of anilines is 1. The van der Waals surface area contributed by atoms with Crippen molar-refractivity contribution in [2.24, 2.45) is 0 Å². The maximum atomic E-state index is 15.0. The number of aromatic nitrogens is 1. The number of amides is 1. The van der Waals surface area contributed by atoms with Gasteiger partial charge in [-0.15, -0.1) is 5.53 Å². The number of pyridine rings is 1. The first-order valence-corrected chi connectivity index (χ1v) is 8.99. The third kappa shape index (κ3) is 3.45. The Balaban J connectivity index is 1.56. The molecule has 7 nitrogen and oxygen atoms in total. The third-order valence-electron chi connectivity index (χ3n) is 5.25. The number of carbonyl (C=O) groups is 1. The third-order valence-corrected chi connectivity index (χ3v) is 5.25. The molecule has 0 aliphatic carbocycles. The standard InChI is InChI=1S/C19H23FN6O/c1-25-7-5-19(20,6-8-25)18(27)23-17-10-15-9-13(3-4-14(15)11-21-17)16-12-22-24-26(16)2/h3-4,9-12,22,24H,5-8H2,1-2H3,(H,21,23,27). The summed E-state index contributed by atoms with van der Waals surface area (Å²) >= 11 is 0. The normalized spacial score (nSPS) is 19.7. The Hall–Kier alpha value is -2.71. The molecule has 2 aliphatic rings.